The highest BCUT2D eigenvalue weighted by Gasteiger charge is 2.60. The van der Waals surface area contributed by atoms with Crippen molar-refractivity contribution in [3.8, 4) is 0 Å². The van der Waals surface area contributed by atoms with Crippen LogP contribution in [0.3, 0.4) is 0 Å². The number of sulfonamides is 1. The van der Waals surface area contributed by atoms with E-state index >= 15 is 0 Å². The van der Waals surface area contributed by atoms with Gasteiger partial charge in [-0.2, -0.15) is 24.9 Å². The van der Waals surface area contributed by atoms with Crippen molar-refractivity contribution in [2.75, 3.05) is 15.8 Å². The molecule has 1 saturated carbocycles. The molecule has 1 unspecified atom stereocenters. The normalized spacial score (nSPS) is 19.9. The molecule has 6 nitrogen and oxygen atoms in total. The lowest BCUT2D eigenvalue weighted by Gasteiger charge is -2.42. The summed E-state index contributed by atoms with van der Waals surface area (Å²) in [6, 6.07) is 7.45. The molecule has 2 aliphatic heterocycles. The fourth-order valence-corrected chi connectivity index (χ4v) is 9.71. The maximum atomic E-state index is 14.3. The van der Waals surface area contributed by atoms with Crippen molar-refractivity contribution in [3.63, 3.8) is 0 Å². The molecule has 3 aliphatic rings. The number of nitrogens with one attached hydrogen (secondary N) is 1. The number of carbonyl (C=O) groups is 1. The van der Waals surface area contributed by atoms with E-state index in [1.165, 1.54) is 22.5 Å². The van der Waals surface area contributed by atoms with Crippen molar-refractivity contribution in [2.24, 2.45) is 5.92 Å². The number of fused-ring (bicyclic) bond motifs is 2. The Kier molecular flexibility index (Phi) is 7.65. The SMILES string of the molecule is O=C(NCc1ncc(C(F)(F)F)cc1F)c1ccc2c(c1Cl)C1(CCSCC1)C(C1CC1)N2S(=O)(=O)c1ccc(F)cc1. The maximum Gasteiger partial charge on any atom is 0.417 e. The first-order valence-electron chi connectivity index (χ1n) is 13.5. The third-order valence-electron chi connectivity index (χ3n) is 8.40. The molecule has 228 valence electrons. The fraction of sp³-hybridized carbons (Fsp3) is 0.379. The third kappa shape index (κ3) is 5.27. The number of nitrogens with zero attached hydrogens (tertiary/aromatic N) is 2. The Balaban J connectivity index is 1.39. The summed E-state index contributed by atoms with van der Waals surface area (Å²) in [5.41, 5.74) is -1.34. The van der Waals surface area contributed by atoms with Crippen molar-refractivity contribution in [2.45, 2.75) is 54.8 Å². The number of benzene rings is 2. The lowest BCUT2D eigenvalue weighted by Crippen LogP contribution is -2.50. The molecule has 1 amide bonds. The van der Waals surface area contributed by atoms with Crippen LogP contribution in [0, 0.1) is 17.6 Å². The number of thioether (sulfide) groups is 1. The van der Waals surface area contributed by atoms with Crippen LogP contribution in [0.15, 0.2) is 53.6 Å². The van der Waals surface area contributed by atoms with Crippen LogP contribution in [-0.2, 0) is 28.2 Å². The molecule has 1 aliphatic carbocycles. The summed E-state index contributed by atoms with van der Waals surface area (Å²) >= 11 is 8.73. The molecule has 6 rings (SSSR count). The molecule has 2 fully saturated rings. The molecule has 1 atom stereocenters. The number of aromatic nitrogens is 1. The molecule has 0 bridgehead atoms. The van der Waals surface area contributed by atoms with Crippen LogP contribution in [0.5, 0.6) is 0 Å². The molecule has 0 radical (unpaired) electrons. The average Bonchev–Trinajstić information content (AvgIpc) is 3.76. The minimum Gasteiger partial charge on any atom is -0.346 e. The Labute approximate surface area is 254 Å². The number of hydrogen-bond acceptors (Lipinski definition) is 5. The number of rotatable bonds is 6. The first kappa shape index (κ1) is 30.1. The van der Waals surface area contributed by atoms with Crippen LogP contribution in [0.4, 0.5) is 27.6 Å². The topological polar surface area (TPSA) is 79.4 Å². The standard InChI is InChI=1S/C29H25ClF5N3O3S2/c30-25-20(27(39)37-15-22-21(32)13-17(14-36-22)29(33,34)35)7-8-23-24(25)28(9-11-42-12-10-28)26(16-1-2-16)38(23)43(40,41)19-5-3-18(31)4-6-19/h3-8,13-14,16,26H,1-2,9-12,15H2,(H,37,39). The summed E-state index contributed by atoms with van der Waals surface area (Å²) in [5, 5.41) is 2.55. The van der Waals surface area contributed by atoms with Gasteiger partial charge in [0.05, 0.1) is 45.0 Å². The molecule has 1 spiro atoms. The highest BCUT2D eigenvalue weighted by atomic mass is 35.5. The quantitative estimate of drug-likeness (QED) is 0.298. The van der Waals surface area contributed by atoms with Gasteiger partial charge in [0.1, 0.15) is 11.6 Å². The van der Waals surface area contributed by atoms with Crippen LogP contribution >= 0.6 is 23.4 Å². The van der Waals surface area contributed by atoms with Gasteiger partial charge in [-0.3, -0.25) is 14.1 Å². The number of carbonyl (C=O) groups excluding carboxylic acids is 1. The van der Waals surface area contributed by atoms with E-state index in [-0.39, 0.29) is 27.1 Å². The monoisotopic (exact) mass is 657 g/mol. The van der Waals surface area contributed by atoms with Gasteiger partial charge in [-0.15, -0.1) is 0 Å². The molecule has 1 saturated heterocycles. The number of hydrogen-bond donors (Lipinski definition) is 1. The van der Waals surface area contributed by atoms with E-state index in [1.807, 2.05) is 0 Å². The predicted octanol–water partition coefficient (Wildman–Crippen LogP) is 6.71. The Morgan fingerprint density at radius 3 is 2.37 bits per heavy atom. The first-order chi connectivity index (χ1) is 20.3. The summed E-state index contributed by atoms with van der Waals surface area (Å²) < 4.78 is 96.4. The van der Waals surface area contributed by atoms with Crippen molar-refractivity contribution >= 4 is 45.0 Å². The largest absolute Gasteiger partial charge is 0.417 e. The fourth-order valence-electron chi connectivity index (χ4n) is 6.27. The molecule has 43 heavy (non-hydrogen) atoms. The molecule has 3 aromatic rings. The van der Waals surface area contributed by atoms with Gasteiger partial charge >= 0.3 is 6.18 Å². The van der Waals surface area contributed by atoms with E-state index in [0.29, 0.717) is 36.4 Å². The van der Waals surface area contributed by atoms with Crippen molar-refractivity contribution in [1.82, 2.24) is 10.3 Å². The van der Waals surface area contributed by atoms with Gasteiger partial charge in [-0.1, -0.05) is 11.6 Å². The maximum absolute atomic E-state index is 14.3. The number of halogens is 6. The average molecular weight is 658 g/mol. The Hall–Kier alpha value is -2.90. The second kappa shape index (κ2) is 10.9. The van der Waals surface area contributed by atoms with E-state index in [9.17, 15) is 35.2 Å². The zero-order valence-corrected chi connectivity index (χ0v) is 24.8. The van der Waals surface area contributed by atoms with Gasteiger partial charge in [0, 0.05) is 17.2 Å². The van der Waals surface area contributed by atoms with Gasteiger partial charge in [0.25, 0.3) is 15.9 Å². The second-order valence-electron chi connectivity index (χ2n) is 11.0. The van der Waals surface area contributed by atoms with Crippen molar-refractivity contribution in [1.29, 1.82) is 0 Å². The smallest absolute Gasteiger partial charge is 0.346 e. The summed E-state index contributed by atoms with van der Waals surface area (Å²) in [5.74, 6) is -0.893. The van der Waals surface area contributed by atoms with Gasteiger partial charge in [-0.05, 0) is 85.6 Å². The zero-order chi connectivity index (χ0) is 30.7. The van der Waals surface area contributed by atoms with Gasteiger partial charge < -0.3 is 5.32 Å². The molecule has 1 aromatic heterocycles. The van der Waals surface area contributed by atoms with E-state index in [0.717, 1.165) is 36.5 Å². The highest BCUT2D eigenvalue weighted by Crippen LogP contribution is 2.61. The van der Waals surface area contributed by atoms with Crippen LogP contribution < -0.4 is 9.62 Å². The van der Waals surface area contributed by atoms with Crippen LogP contribution in [0.25, 0.3) is 0 Å². The van der Waals surface area contributed by atoms with Gasteiger partial charge in [0.15, 0.2) is 0 Å². The molecule has 2 aromatic carbocycles. The van der Waals surface area contributed by atoms with Crippen molar-refractivity contribution < 1.29 is 35.2 Å². The molecule has 3 heterocycles. The van der Waals surface area contributed by atoms with E-state index in [4.69, 9.17) is 11.6 Å². The summed E-state index contributed by atoms with van der Waals surface area (Å²) in [6.45, 7) is -0.492. The van der Waals surface area contributed by atoms with Gasteiger partial charge in [-0.25, -0.2) is 17.2 Å². The van der Waals surface area contributed by atoms with Gasteiger partial charge in [0.2, 0.25) is 0 Å². The Morgan fingerprint density at radius 2 is 1.77 bits per heavy atom. The Bertz CT molecular complexity index is 1690. The van der Waals surface area contributed by atoms with E-state index in [2.05, 4.69) is 10.3 Å². The third-order valence-corrected chi connectivity index (χ3v) is 11.6. The predicted molar refractivity (Wildman–Crippen MR) is 153 cm³/mol. The lowest BCUT2D eigenvalue weighted by molar-refractivity contribution is -0.138. The minimum absolute atomic E-state index is 0.0286. The van der Waals surface area contributed by atoms with Crippen LogP contribution in [0.2, 0.25) is 5.02 Å². The summed E-state index contributed by atoms with van der Waals surface area (Å²) in [4.78, 5) is 16.8. The summed E-state index contributed by atoms with van der Waals surface area (Å²) in [6.07, 6.45) is -1.34. The van der Waals surface area contributed by atoms with E-state index < -0.39 is 57.3 Å². The van der Waals surface area contributed by atoms with Crippen molar-refractivity contribution in [3.05, 3.63) is 87.7 Å². The number of amides is 1. The molecular formula is C29H25ClF5N3O3S2. The highest BCUT2D eigenvalue weighted by molar-refractivity contribution is 7.99. The lowest BCUT2D eigenvalue weighted by atomic mass is 9.70. The molecular weight excluding hydrogens is 633 g/mol. The molecule has 14 heteroatoms. The van der Waals surface area contributed by atoms with Crippen LogP contribution in [0.1, 0.15) is 52.9 Å². The number of anilines is 1. The van der Waals surface area contributed by atoms with Crippen LogP contribution in [-0.4, -0.2) is 36.9 Å². The minimum atomic E-state index is -4.77. The zero-order valence-electron chi connectivity index (χ0n) is 22.4. The first-order valence-corrected chi connectivity index (χ1v) is 16.5. The summed E-state index contributed by atoms with van der Waals surface area (Å²) in [7, 11) is -4.14. The Morgan fingerprint density at radius 1 is 1.09 bits per heavy atom. The van der Waals surface area contributed by atoms with E-state index in [1.54, 1.807) is 17.8 Å². The second-order valence-corrected chi connectivity index (χ2v) is 14.4. The number of pyridine rings is 1. The molecule has 1 N–H and O–H groups in total. The number of alkyl halides is 3.